The normalized spacial score (nSPS) is 11.1. The number of ketones is 1. The predicted octanol–water partition coefficient (Wildman–Crippen LogP) is 6.13. The number of pyridine rings is 1. The number of carbonyl (C=O) groups is 1. The van der Waals surface area contributed by atoms with Gasteiger partial charge >= 0.3 is 0 Å². The van der Waals surface area contributed by atoms with Crippen molar-refractivity contribution in [1.29, 1.82) is 0 Å². The number of aryl methyl sites for hydroxylation is 2. The van der Waals surface area contributed by atoms with Crippen molar-refractivity contribution < 1.29 is 13.7 Å². The molecule has 0 bridgehead atoms. The molecule has 9 heteroatoms. The number of halogens is 2. The van der Waals surface area contributed by atoms with Crippen LogP contribution < -0.4 is 5.32 Å². The van der Waals surface area contributed by atoms with E-state index in [-0.39, 0.29) is 18.0 Å². The van der Waals surface area contributed by atoms with Crippen LogP contribution in [0.5, 0.6) is 0 Å². The number of rotatable bonds is 7. The number of nitrogens with zero attached hydrogens (tertiary/aromatic N) is 4. The van der Waals surface area contributed by atoms with Crippen molar-refractivity contribution in [2.75, 3.05) is 5.32 Å². The van der Waals surface area contributed by atoms with E-state index in [0.717, 1.165) is 34.0 Å². The van der Waals surface area contributed by atoms with Crippen LogP contribution in [0, 0.1) is 19.7 Å². The lowest BCUT2D eigenvalue weighted by Crippen LogP contribution is -2.12. The van der Waals surface area contributed by atoms with Crippen LogP contribution in [0.2, 0.25) is 5.02 Å². The highest BCUT2D eigenvalue weighted by Crippen LogP contribution is 2.32. The molecule has 5 rings (SSSR count). The minimum absolute atomic E-state index is 0.0328. The summed E-state index contributed by atoms with van der Waals surface area (Å²) in [6, 6.07) is 14.5. The number of hydrogen-bond acceptors (Lipinski definition) is 7. The molecule has 7 nitrogen and oxygen atoms in total. The summed E-state index contributed by atoms with van der Waals surface area (Å²) < 4.78 is 18.9. The van der Waals surface area contributed by atoms with Crippen molar-refractivity contribution in [2.45, 2.75) is 26.8 Å². The molecule has 36 heavy (non-hydrogen) atoms. The van der Waals surface area contributed by atoms with Crippen molar-refractivity contribution in [3.8, 4) is 11.1 Å². The number of benzene rings is 2. The molecule has 3 aromatic heterocycles. The Labute approximate surface area is 211 Å². The quantitative estimate of drug-likeness (QED) is 0.268. The zero-order valence-electron chi connectivity index (χ0n) is 19.5. The Morgan fingerprint density at radius 2 is 1.92 bits per heavy atom. The van der Waals surface area contributed by atoms with Gasteiger partial charge in [-0.25, -0.2) is 14.4 Å². The van der Waals surface area contributed by atoms with E-state index in [1.54, 1.807) is 6.07 Å². The van der Waals surface area contributed by atoms with E-state index in [9.17, 15) is 9.18 Å². The fraction of sp³-hybridized carbons (Fsp3) is 0.148. The Morgan fingerprint density at radius 3 is 2.67 bits per heavy atom. The zero-order chi connectivity index (χ0) is 25.2. The van der Waals surface area contributed by atoms with Crippen molar-refractivity contribution in [3.05, 3.63) is 100 Å². The van der Waals surface area contributed by atoms with Crippen molar-refractivity contribution in [3.63, 3.8) is 0 Å². The van der Waals surface area contributed by atoms with E-state index in [2.05, 4.69) is 25.4 Å². The van der Waals surface area contributed by atoms with E-state index in [4.69, 9.17) is 16.1 Å². The van der Waals surface area contributed by atoms with Gasteiger partial charge in [-0.15, -0.1) is 0 Å². The predicted molar refractivity (Wildman–Crippen MR) is 136 cm³/mol. The van der Waals surface area contributed by atoms with Crippen molar-refractivity contribution >= 4 is 34.1 Å². The van der Waals surface area contributed by atoms with Gasteiger partial charge in [0.15, 0.2) is 5.82 Å². The molecule has 0 amide bonds. The Hall–Kier alpha value is -4.17. The van der Waals surface area contributed by atoms with Gasteiger partial charge in [0.25, 0.3) is 0 Å². The van der Waals surface area contributed by atoms with Crippen LogP contribution in [-0.2, 0) is 13.0 Å². The number of nitrogens with one attached hydrogen (secondary N) is 1. The van der Waals surface area contributed by atoms with Crippen molar-refractivity contribution in [2.24, 2.45) is 0 Å². The van der Waals surface area contributed by atoms with Crippen LogP contribution in [0.1, 0.15) is 33.2 Å². The largest absolute Gasteiger partial charge is 0.365 e. The maximum absolute atomic E-state index is 13.6. The average molecular weight is 502 g/mol. The van der Waals surface area contributed by atoms with Crippen LogP contribution >= 0.6 is 11.6 Å². The summed E-state index contributed by atoms with van der Waals surface area (Å²) >= 11 is 6.14. The summed E-state index contributed by atoms with van der Waals surface area (Å²) in [6.07, 6.45) is 2.48. The molecule has 0 unspecified atom stereocenters. The lowest BCUT2D eigenvalue weighted by molar-refractivity contribution is 0.0983. The minimum atomic E-state index is -0.504. The average Bonchev–Trinajstić information content (AvgIpc) is 3.19. The summed E-state index contributed by atoms with van der Waals surface area (Å²) in [4.78, 5) is 25.9. The highest BCUT2D eigenvalue weighted by atomic mass is 35.5. The fourth-order valence-electron chi connectivity index (χ4n) is 4.09. The van der Waals surface area contributed by atoms with E-state index in [1.807, 2.05) is 50.2 Å². The number of fused-ring (bicyclic) bond motifs is 1. The molecule has 0 saturated carbocycles. The topological polar surface area (TPSA) is 93.8 Å². The number of Topliss-reactive ketones (excluding diaryl/α,β-unsaturated/α-hetero) is 1. The maximum atomic E-state index is 13.6. The summed E-state index contributed by atoms with van der Waals surface area (Å²) in [5, 5.41) is 8.74. The second kappa shape index (κ2) is 9.83. The van der Waals surface area contributed by atoms with Gasteiger partial charge in [0.1, 0.15) is 17.4 Å². The van der Waals surface area contributed by atoms with E-state index in [1.165, 1.54) is 12.3 Å². The standard InChI is InChI=1S/C27H21ClFN5O2/c1-15-25(16(2)36-34-15)19-6-7-23-22(11-19)26(31-13-17-4-3-5-20(28)8-17)33-27(32-23)24(35)10-18-9-21(29)14-30-12-18/h3-9,11-12,14H,10,13H2,1-2H3,(H,31,32,33). The molecule has 0 radical (unpaired) electrons. The molecule has 0 fully saturated rings. The number of carbonyl (C=O) groups excluding carboxylic acids is 1. The van der Waals surface area contributed by atoms with Gasteiger partial charge in [0.05, 0.1) is 17.4 Å². The highest BCUT2D eigenvalue weighted by Gasteiger charge is 2.18. The Bertz CT molecular complexity index is 1580. The van der Waals surface area contributed by atoms with E-state index in [0.29, 0.717) is 34.2 Å². The van der Waals surface area contributed by atoms with Crippen molar-refractivity contribution in [1.82, 2.24) is 20.1 Å². The maximum Gasteiger partial charge on any atom is 0.204 e. The third kappa shape index (κ3) is 4.94. The second-order valence-corrected chi connectivity index (χ2v) is 8.86. The number of aromatic nitrogens is 4. The van der Waals surface area contributed by atoms with Gasteiger partial charge < -0.3 is 9.84 Å². The summed E-state index contributed by atoms with van der Waals surface area (Å²) in [7, 11) is 0. The Kier molecular flexibility index (Phi) is 6.43. The lowest BCUT2D eigenvalue weighted by atomic mass is 10.0. The minimum Gasteiger partial charge on any atom is -0.365 e. The SMILES string of the molecule is Cc1noc(C)c1-c1ccc2nc(C(=O)Cc3cncc(F)c3)nc(NCc3cccc(Cl)c3)c2c1. The molecule has 5 aromatic rings. The van der Waals surface area contributed by atoms with Crippen LogP contribution in [-0.4, -0.2) is 25.9 Å². The molecule has 2 aromatic carbocycles. The first kappa shape index (κ1) is 23.6. The summed E-state index contributed by atoms with van der Waals surface area (Å²) in [5.41, 5.74) is 4.57. The number of hydrogen-bond donors (Lipinski definition) is 1. The smallest absolute Gasteiger partial charge is 0.204 e. The van der Waals surface area contributed by atoms with Gasteiger partial charge in [-0.1, -0.05) is 35.0 Å². The third-order valence-electron chi connectivity index (χ3n) is 5.74. The molecule has 3 heterocycles. The first-order valence-electron chi connectivity index (χ1n) is 11.2. The van der Waals surface area contributed by atoms with Gasteiger partial charge in [0.2, 0.25) is 5.78 Å². The first-order chi connectivity index (χ1) is 17.4. The third-order valence-corrected chi connectivity index (χ3v) is 5.98. The van der Waals surface area contributed by atoms with Gasteiger partial charge in [-0.2, -0.15) is 0 Å². The zero-order valence-corrected chi connectivity index (χ0v) is 20.3. The molecule has 1 N–H and O–H groups in total. The van der Waals surface area contributed by atoms with Crippen LogP contribution in [0.15, 0.2) is 65.4 Å². The molecular formula is C27H21ClFN5O2. The molecule has 0 spiro atoms. The van der Waals surface area contributed by atoms with E-state index < -0.39 is 5.82 Å². The van der Waals surface area contributed by atoms with Gasteiger partial charge in [-0.3, -0.25) is 9.78 Å². The van der Waals surface area contributed by atoms with Crippen LogP contribution in [0.3, 0.4) is 0 Å². The van der Waals surface area contributed by atoms with E-state index >= 15 is 0 Å². The summed E-state index contributed by atoms with van der Waals surface area (Å²) in [6.45, 7) is 4.18. The second-order valence-electron chi connectivity index (χ2n) is 8.42. The first-order valence-corrected chi connectivity index (χ1v) is 11.6. The van der Waals surface area contributed by atoms with Gasteiger partial charge in [-0.05, 0) is 60.9 Å². The molecule has 0 saturated heterocycles. The molecule has 180 valence electrons. The van der Waals surface area contributed by atoms with Crippen LogP contribution in [0.25, 0.3) is 22.0 Å². The molecule has 0 aliphatic heterocycles. The lowest BCUT2D eigenvalue weighted by Gasteiger charge is -2.12. The molecule has 0 aliphatic carbocycles. The Balaban J connectivity index is 1.56. The molecule has 0 atom stereocenters. The monoisotopic (exact) mass is 501 g/mol. The Morgan fingerprint density at radius 1 is 1.06 bits per heavy atom. The highest BCUT2D eigenvalue weighted by molar-refractivity contribution is 6.30. The van der Waals surface area contributed by atoms with Crippen LogP contribution in [0.4, 0.5) is 10.2 Å². The molecular weight excluding hydrogens is 481 g/mol. The molecule has 0 aliphatic rings. The van der Waals surface area contributed by atoms with Gasteiger partial charge in [0, 0.05) is 35.1 Å². The fourth-order valence-corrected chi connectivity index (χ4v) is 4.30. The summed E-state index contributed by atoms with van der Waals surface area (Å²) in [5.74, 6) is 0.386. The number of anilines is 1.